The molecule has 0 saturated heterocycles. The van der Waals surface area contributed by atoms with Crippen LogP contribution >= 0.6 is 22.9 Å². The zero-order valence-corrected chi connectivity index (χ0v) is 9.53. The van der Waals surface area contributed by atoms with Crippen molar-refractivity contribution in [3.05, 3.63) is 34.2 Å². The normalized spacial score (nSPS) is 13.4. The molecule has 74 valence electrons. The molecule has 0 aliphatic rings. The van der Waals surface area contributed by atoms with Crippen molar-refractivity contribution < 1.29 is 0 Å². The largest absolute Gasteiger partial charge is 0.323 e. The molecule has 0 aliphatic carbocycles. The van der Waals surface area contributed by atoms with Crippen molar-refractivity contribution >= 4 is 33.0 Å². The number of hydrogen-bond acceptors (Lipinski definition) is 2. The molecule has 0 aliphatic heterocycles. The number of halogens is 1. The zero-order valence-electron chi connectivity index (χ0n) is 7.96. The van der Waals surface area contributed by atoms with Crippen LogP contribution in [0.15, 0.2) is 24.3 Å². The topological polar surface area (TPSA) is 26.0 Å². The lowest BCUT2D eigenvalue weighted by molar-refractivity contribution is 0.712. The monoisotopic (exact) mass is 225 g/mol. The molecule has 0 radical (unpaired) electrons. The van der Waals surface area contributed by atoms with Gasteiger partial charge in [-0.15, -0.1) is 11.3 Å². The fraction of sp³-hybridized carbons (Fsp3) is 0.273. The minimum Gasteiger partial charge on any atom is -0.323 e. The number of benzene rings is 1. The van der Waals surface area contributed by atoms with E-state index in [0.29, 0.717) is 0 Å². The highest BCUT2D eigenvalue weighted by Crippen LogP contribution is 2.34. The maximum atomic E-state index is 6.09. The van der Waals surface area contributed by atoms with E-state index in [4.69, 9.17) is 17.3 Å². The molecule has 0 amide bonds. The number of hydrogen-bond donors (Lipinski definition) is 1. The summed E-state index contributed by atoms with van der Waals surface area (Å²) in [5, 5.41) is 2.02. The van der Waals surface area contributed by atoms with Crippen LogP contribution in [0.3, 0.4) is 0 Å². The van der Waals surface area contributed by atoms with Gasteiger partial charge in [0.1, 0.15) is 0 Å². The van der Waals surface area contributed by atoms with Gasteiger partial charge in [0.15, 0.2) is 0 Å². The second-order valence-electron chi connectivity index (χ2n) is 3.32. The van der Waals surface area contributed by atoms with Crippen LogP contribution in [0, 0.1) is 0 Å². The van der Waals surface area contributed by atoms with E-state index in [1.165, 1.54) is 10.3 Å². The first-order valence-electron chi connectivity index (χ1n) is 4.66. The second-order valence-corrected chi connectivity index (χ2v) is 4.81. The summed E-state index contributed by atoms with van der Waals surface area (Å²) in [7, 11) is 0. The fourth-order valence-electron chi connectivity index (χ4n) is 1.43. The third-order valence-corrected chi connectivity index (χ3v) is 4.06. The summed E-state index contributed by atoms with van der Waals surface area (Å²) in [6, 6.07) is 8.24. The smallest absolute Gasteiger partial charge is 0.0584 e. The van der Waals surface area contributed by atoms with Crippen molar-refractivity contribution in [1.82, 2.24) is 0 Å². The Kier molecular flexibility index (Phi) is 2.77. The summed E-state index contributed by atoms with van der Waals surface area (Å²) in [6.45, 7) is 2.09. The van der Waals surface area contributed by atoms with Crippen molar-refractivity contribution in [3.63, 3.8) is 0 Å². The molecule has 1 aromatic heterocycles. The van der Waals surface area contributed by atoms with Gasteiger partial charge >= 0.3 is 0 Å². The Morgan fingerprint density at radius 1 is 1.50 bits per heavy atom. The van der Waals surface area contributed by atoms with Crippen LogP contribution in [0.25, 0.3) is 10.1 Å². The van der Waals surface area contributed by atoms with Gasteiger partial charge in [0, 0.05) is 10.9 Å². The van der Waals surface area contributed by atoms with Gasteiger partial charge in [0.05, 0.1) is 9.72 Å². The summed E-state index contributed by atoms with van der Waals surface area (Å²) >= 11 is 7.79. The zero-order chi connectivity index (χ0) is 10.1. The first kappa shape index (κ1) is 9.97. The first-order chi connectivity index (χ1) is 6.72. The van der Waals surface area contributed by atoms with Crippen LogP contribution in [0.1, 0.15) is 24.3 Å². The Bertz CT molecular complexity index is 449. The molecule has 2 N–H and O–H groups in total. The SMILES string of the molecule is CC[C@@H](N)c1cc2cccc(Cl)c2s1. The van der Waals surface area contributed by atoms with Gasteiger partial charge in [0.2, 0.25) is 0 Å². The third-order valence-electron chi connectivity index (χ3n) is 2.32. The van der Waals surface area contributed by atoms with Gasteiger partial charge in [-0.05, 0) is 23.9 Å². The van der Waals surface area contributed by atoms with E-state index >= 15 is 0 Å². The Labute approximate surface area is 92.5 Å². The van der Waals surface area contributed by atoms with Crippen molar-refractivity contribution in [1.29, 1.82) is 0 Å². The Balaban J connectivity index is 2.56. The average Bonchev–Trinajstić information content (AvgIpc) is 2.62. The van der Waals surface area contributed by atoms with Gasteiger partial charge in [-0.3, -0.25) is 0 Å². The predicted octanol–water partition coefficient (Wildman–Crippen LogP) is 3.96. The Morgan fingerprint density at radius 2 is 2.29 bits per heavy atom. The molecule has 0 saturated carbocycles. The molecule has 0 spiro atoms. The van der Waals surface area contributed by atoms with Crippen LogP contribution < -0.4 is 5.73 Å². The molecule has 1 nitrogen and oxygen atoms in total. The highest BCUT2D eigenvalue weighted by molar-refractivity contribution is 7.19. The molecule has 2 rings (SSSR count). The van der Waals surface area contributed by atoms with Crippen LogP contribution in [0.5, 0.6) is 0 Å². The molecule has 1 atom stereocenters. The summed E-state index contributed by atoms with van der Waals surface area (Å²) in [5.74, 6) is 0. The van der Waals surface area contributed by atoms with Gasteiger partial charge in [-0.2, -0.15) is 0 Å². The standard InChI is InChI=1S/C11H12ClNS/c1-2-9(13)10-6-7-4-3-5-8(12)11(7)14-10/h3-6,9H,2,13H2,1H3/t9-/m1/s1. The molecule has 3 heteroatoms. The number of thiophene rings is 1. The summed E-state index contributed by atoms with van der Waals surface area (Å²) in [4.78, 5) is 1.22. The van der Waals surface area contributed by atoms with Gasteiger partial charge in [-0.1, -0.05) is 30.7 Å². The minimum absolute atomic E-state index is 0.142. The molecule has 14 heavy (non-hydrogen) atoms. The van der Waals surface area contributed by atoms with E-state index in [2.05, 4.69) is 19.1 Å². The first-order valence-corrected chi connectivity index (χ1v) is 5.85. The lowest BCUT2D eigenvalue weighted by atomic mass is 10.2. The lowest BCUT2D eigenvalue weighted by Gasteiger charge is -2.03. The van der Waals surface area contributed by atoms with Crippen molar-refractivity contribution in [2.75, 3.05) is 0 Å². The Hall–Kier alpha value is -0.570. The molecule has 0 fully saturated rings. The summed E-state index contributed by atoms with van der Waals surface area (Å²) in [6.07, 6.45) is 0.963. The van der Waals surface area contributed by atoms with E-state index < -0.39 is 0 Å². The number of rotatable bonds is 2. The van der Waals surface area contributed by atoms with E-state index in [1.54, 1.807) is 11.3 Å². The molecular formula is C11H12ClNS. The van der Waals surface area contributed by atoms with Gasteiger partial charge in [-0.25, -0.2) is 0 Å². The highest BCUT2D eigenvalue weighted by Gasteiger charge is 2.09. The maximum Gasteiger partial charge on any atom is 0.0584 e. The van der Waals surface area contributed by atoms with E-state index in [9.17, 15) is 0 Å². The predicted molar refractivity (Wildman–Crippen MR) is 64.1 cm³/mol. The van der Waals surface area contributed by atoms with Gasteiger partial charge in [0.25, 0.3) is 0 Å². The average molecular weight is 226 g/mol. The molecule has 1 heterocycles. The molecule has 1 aromatic carbocycles. The maximum absolute atomic E-state index is 6.09. The van der Waals surface area contributed by atoms with E-state index in [-0.39, 0.29) is 6.04 Å². The molecule has 0 bridgehead atoms. The van der Waals surface area contributed by atoms with Crippen LogP contribution in [-0.2, 0) is 0 Å². The van der Waals surface area contributed by atoms with E-state index in [1.807, 2.05) is 12.1 Å². The van der Waals surface area contributed by atoms with Crippen molar-refractivity contribution in [2.45, 2.75) is 19.4 Å². The molecular weight excluding hydrogens is 214 g/mol. The second kappa shape index (κ2) is 3.89. The lowest BCUT2D eigenvalue weighted by Crippen LogP contribution is -2.05. The molecule has 0 unspecified atom stereocenters. The minimum atomic E-state index is 0.142. The van der Waals surface area contributed by atoms with Crippen LogP contribution in [0.2, 0.25) is 5.02 Å². The number of nitrogens with two attached hydrogens (primary N) is 1. The summed E-state index contributed by atoms with van der Waals surface area (Å²) in [5.41, 5.74) is 5.98. The van der Waals surface area contributed by atoms with Gasteiger partial charge < -0.3 is 5.73 Å². The van der Waals surface area contributed by atoms with Crippen molar-refractivity contribution in [3.8, 4) is 0 Å². The quantitative estimate of drug-likeness (QED) is 0.823. The van der Waals surface area contributed by atoms with E-state index in [0.717, 1.165) is 16.1 Å². The highest BCUT2D eigenvalue weighted by atomic mass is 35.5. The molecule has 2 aromatic rings. The van der Waals surface area contributed by atoms with Crippen molar-refractivity contribution in [2.24, 2.45) is 5.73 Å². The number of fused-ring (bicyclic) bond motifs is 1. The Morgan fingerprint density at radius 3 is 2.93 bits per heavy atom. The fourth-order valence-corrected chi connectivity index (χ4v) is 2.88. The summed E-state index contributed by atoms with van der Waals surface area (Å²) < 4.78 is 1.15. The third kappa shape index (κ3) is 1.65. The van der Waals surface area contributed by atoms with Crippen LogP contribution in [0.4, 0.5) is 0 Å². The van der Waals surface area contributed by atoms with Crippen LogP contribution in [-0.4, -0.2) is 0 Å².